The van der Waals surface area contributed by atoms with Gasteiger partial charge in [-0.15, -0.1) is 11.8 Å². The summed E-state index contributed by atoms with van der Waals surface area (Å²) in [6, 6.07) is 29.7. The van der Waals surface area contributed by atoms with Crippen molar-refractivity contribution in [1.82, 2.24) is 5.32 Å². The lowest BCUT2D eigenvalue weighted by Gasteiger charge is -2.14. The van der Waals surface area contributed by atoms with Crippen molar-refractivity contribution in [2.24, 2.45) is 5.73 Å². The number of hydrogen-bond donors (Lipinski definition) is 4. The maximum absolute atomic E-state index is 13.4. The number of anilines is 3. The smallest absolute Gasteiger partial charge is 0.272 e. The predicted octanol–water partition coefficient (Wildman–Crippen LogP) is 5.38. The highest BCUT2D eigenvalue weighted by Crippen LogP contribution is 2.26. The van der Waals surface area contributed by atoms with E-state index in [0.29, 0.717) is 22.5 Å². The van der Waals surface area contributed by atoms with Crippen molar-refractivity contribution in [2.75, 3.05) is 29.6 Å². The first-order valence-corrected chi connectivity index (χ1v) is 14.6. The second-order valence-electron chi connectivity index (χ2n) is 10.0. The quantitative estimate of drug-likeness (QED) is 0.134. The van der Waals surface area contributed by atoms with Crippen LogP contribution in [0.3, 0.4) is 0 Å². The number of carbonyl (C=O) groups excluding carboxylic acids is 4. The van der Waals surface area contributed by atoms with Crippen LogP contribution in [0.25, 0.3) is 6.08 Å². The molecule has 4 rings (SSSR count). The molecule has 0 fully saturated rings. The van der Waals surface area contributed by atoms with Crippen LogP contribution in [0.1, 0.15) is 33.2 Å². The third-order valence-electron chi connectivity index (χ3n) is 6.48. The number of hydrogen-bond acceptors (Lipinski definition) is 6. The molecule has 5 N–H and O–H groups in total. The number of rotatable bonds is 11. The maximum atomic E-state index is 13.4. The van der Waals surface area contributed by atoms with Crippen molar-refractivity contribution in [3.63, 3.8) is 0 Å². The van der Waals surface area contributed by atoms with Crippen LogP contribution in [-0.4, -0.2) is 43.0 Å². The molecular formula is C34H33N5O4S. The molecule has 0 heterocycles. The van der Waals surface area contributed by atoms with Crippen LogP contribution < -0.4 is 26.6 Å². The predicted molar refractivity (Wildman–Crippen MR) is 177 cm³/mol. The van der Waals surface area contributed by atoms with Gasteiger partial charge >= 0.3 is 0 Å². The van der Waals surface area contributed by atoms with E-state index in [9.17, 15) is 19.2 Å². The molecule has 0 saturated carbocycles. The van der Waals surface area contributed by atoms with Crippen LogP contribution in [0.4, 0.5) is 17.1 Å². The lowest BCUT2D eigenvalue weighted by molar-refractivity contribution is -0.115. The Labute approximate surface area is 260 Å². The molecule has 0 aliphatic heterocycles. The summed E-state index contributed by atoms with van der Waals surface area (Å²) in [4.78, 5) is 53.0. The van der Waals surface area contributed by atoms with Gasteiger partial charge in [-0.05, 0) is 91.4 Å². The first-order valence-electron chi connectivity index (χ1n) is 13.7. The normalized spacial score (nSPS) is 11.7. The molecule has 224 valence electrons. The SMILES string of the molecule is CC(Sc1ccc(NC(=O)/C(=C/c2ccc(N(C)C)cc2)NC(=O)c2ccccc2)cc1)C(=O)Nc1ccc(C(N)=O)cc1. The standard InChI is InChI=1S/C34H33N5O4S/c1-22(32(41)36-26-13-11-24(12-14-26)31(35)40)44-29-19-15-27(16-20-29)37-34(43)30(38-33(42)25-7-5-4-6-8-25)21-23-9-17-28(18-10-23)39(2)3/h4-22H,1-3H3,(H2,35,40)(H,36,41)(H,37,43)(H,38,42)/b30-21-. The number of thioether (sulfide) groups is 1. The molecule has 0 radical (unpaired) electrons. The number of carbonyl (C=O) groups is 4. The van der Waals surface area contributed by atoms with Gasteiger partial charge in [-0.3, -0.25) is 19.2 Å². The van der Waals surface area contributed by atoms with Crippen molar-refractivity contribution in [1.29, 1.82) is 0 Å². The van der Waals surface area contributed by atoms with E-state index in [1.807, 2.05) is 49.3 Å². The molecule has 0 aliphatic carbocycles. The van der Waals surface area contributed by atoms with Crippen LogP contribution in [0.15, 0.2) is 114 Å². The summed E-state index contributed by atoms with van der Waals surface area (Å²) in [5.41, 5.74) is 8.97. The minimum Gasteiger partial charge on any atom is -0.378 e. The molecule has 9 nitrogen and oxygen atoms in total. The molecular weight excluding hydrogens is 574 g/mol. The average Bonchev–Trinajstić information content (AvgIpc) is 3.02. The molecule has 1 unspecified atom stereocenters. The van der Waals surface area contributed by atoms with Crippen LogP contribution in [0.5, 0.6) is 0 Å². The molecule has 0 spiro atoms. The molecule has 44 heavy (non-hydrogen) atoms. The van der Waals surface area contributed by atoms with Crippen LogP contribution in [0.2, 0.25) is 0 Å². The summed E-state index contributed by atoms with van der Waals surface area (Å²) in [5.74, 6) is -1.63. The van der Waals surface area contributed by atoms with Gasteiger partial charge in [0.2, 0.25) is 11.8 Å². The van der Waals surface area contributed by atoms with Gasteiger partial charge in [0.25, 0.3) is 11.8 Å². The Morgan fingerprint density at radius 3 is 1.93 bits per heavy atom. The largest absolute Gasteiger partial charge is 0.378 e. The monoisotopic (exact) mass is 607 g/mol. The number of benzene rings is 4. The van der Waals surface area contributed by atoms with Gasteiger partial charge in [0.05, 0.1) is 5.25 Å². The average molecular weight is 608 g/mol. The van der Waals surface area contributed by atoms with Gasteiger partial charge in [-0.25, -0.2) is 0 Å². The van der Waals surface area contributed by atoms with Crippen LogP contribution in [-0.2, 0) is 9.59 Å². The van der Waals surface area contributed by atoms with E-state index in [0.717, 1.165) is 16.1 Å². The Morgan fingerprint density at radius 2 is 1.34 bits per heavy atom. The molecule has 0 bridgehead atoms. The van der Waals surface area contributed by atoms with Gasteiger partial charge in [0.15, 0.2) is 0 Å². The summed E-state index contributed by atoms with van der Waals surface area (Å²) >= 11 is 1.35. The Hall–Kier alpha value is -5.35. The highest BCUT2D eigenvalue weighted by atomic mass is 32.2. The minimum atomic E-state index is -0.537. The van der Waals surface area contributed by atoms with E-state index in [-0.39, 0.29) is 11.6 Å². The molecule has 0 saturated heterocycles. The molecule has 4 aromatic carbocycles. The molecule has 10 heteroatoms. The fourth-order valence-corrected chi connectivity index (χ4v) is 4.88. The van der Waals surface area contributed by atoms with Crippen LogP contribution in [0, 0.1) is 0 Å². The van der Waals surface area contributed by atoms with E-state index in [1.165, 1.54) is 11.8 Å². The number of nitrogens with zero attached hydrogens (tertiary/aromatic N) is 1. The Morgan fingerprint density at radius 1 is 0.750 bits per heavy atom. The number of primary amides is 1. The fraction of sp³-hybridized carbons (Fsp3) is 0.118. The zero-order valence-electron chi connectivity index (χ0n) is 24.5. The van der Waals surface area contributed by atoms with E-state index in [2.05, 4.69) is 16.0 Å². The zero-order valence-corrected chi connectivity index (χ0v) is 25.4. The fourth-order valence-electron chi connectivity index (χ4n) is 4.01. The Bertz CT molecular complexity index is 1650. The molecule has 0 aliphatic rings. The molecule has 4 aromatic rings. The van der Waals surface area contributed by atoms with E-state index < -0.39 is 23.0 Å². The van der Waals surface area contributed by atoms with Gasteiger partial charge in [-0.2, -0.15) is 0 Å². The summed E-state index contributed by atoms with van der Waals surface area (Å²) < 4.78 is 0. The van der Waals surface area contributed by atoms with Gasteiger partial charge < -0.3 is 26.6 Å². The third kappa shape index (κ3) is 8.83. The second kappa shape index (κ2) is 14.7. The molecule has 4 amide bonds. The summed E-state index contributed by atoms with van der Waals surface area (Å²) in [5, 5.41) is 7.99. The minimum absolute atomic E-state index is 0.0871. The van der Waals surface area contributed by atoms with Crippen molar-refractivity contribution < 1.29 is 19.2 Å². The van der Waals surface area contributed by atoms with Crippen molar-refractivity contribution in [3.05, 3.63) is 126 Å². The lowest BCUT2D eigenvalue weighted by atomic mass is 10.1. The van der Waals surface area contributed by atoms with Crippen molar-refractivity contribution in [2.45, 2.75) is 17.1 Å². The summed E-state index contributed by atoms with van der Waals surface area (Å²) in [6.45, 7) is 1.78. The number of nitrogens with one attached hydrogen (secondary N) is 3. The number of nitrogens with two attached hydrogens (primary N) is 1. The van der Waals surface area contributed by atoms with E-state index in [1.54, 1.807) is 85.8 Å². The Kier molecular flexibility index (Phi) is 10.6. The first kappa shape index (κ1) is 31.6. The van der Waals surface area contributed by atoms with Gasteiger partial charge in [-0.1, -0.05) is 30.3 Å². The van der Waals surface area contributed by atoms with Crippen molar-refractivity contribution in [3.8, 4) is 0 Å². The van der Waals surface area contributed by atoms with Gasteiger partial charge in [0, 0.05) is 47.2 Å². The lowest BCUT2D eigenvalue weighted by Crippen LogP contribution is -2.30. The summed E-state index contributed by atoms with van der Waals surface area (Å²) in [6.07, 6.45) is 1.63. The highest BCUT2D eigenvalue weighted by Gasteiger charge is 2.17. The van der Waals surface area contributed by atoms with Crippen LogP contribution >= 0.6 is 11.8 Å². The number of amides is 4. The zero-order chi connectivity index (χ0) is 31.6. The van der Waals surface area contributed by atoms with E-state index >= 15 is 0 Å². The third-order valence-corrected chi connectivity index (χ3v) is 7.59. The van der Waals surface area contributed by atoms with Gasteiger partial charge in [0.1, 0.15) is 5.70 Å². The maximum Gasteiger partial charge on any atom is 0.272 e. The topological polar surface area (TPSA) is 134 Å². The van der Waals surface area contributed by atoms with E-state index in [4.69, 9.17) is 5.73 Å². The molecule has 1 atom stereocenters. The summed E-state index contributed by atoms with van der Waals surface area (Å²) in [7, 11) is 3.88. The second-order valence-corrected chi connectivity index (χ2v) is 11.4. The Balaban J connectivity index is 1.42. The van der Waals surface area contributed by atoms with Crippen molar-refractivity contribution >= 4 is 58.5 Å². The molecule has 0 aromatic heterocycles. The highest BCUT2D eigenvalue weighted by molar-refractivity contribution is 8.00. The first-order chi connectivity index (χ1) is 21.1.